The van der Waals surface area contributed by atoms with E-state index >= 15 is 0 Å². The molecular weight excluding hydrogens is 206 g/mol. The highest BCUT2D eigenvalue weighted by Crippen LogP contribution is 2.31. The van der Waals surface area contributed by atoms with Gasteiger partial charge in [-0.1, -0.05) is 23.9 Å². The van der Waals surface area contributed by atoms with E-state index in [1.165, 1.54) is 6.33 Å². The summed E-state index contributed by atoms with van der Waals surface area (Å²) in [5, 5.41) is 0.905. The van der Waals surface area contributed by atoms with Crippen molar-refractivity contribution in [2.75, 3.05) is 5.73 Å². The second-order valence-corrected chi connectivity index (χ2v) is 4.20. The monoisotopic (exact) mass is 217 g/mol. The highest BCUT2D eigenvalue weighted by Gasteiger charge is 2.03. The quantitative estimate of drug-likeness (QED) is 0.620. The third kappa shape index (κ3) is 2.27. The van der Waals surface area contributed by atoms with Crippen LogP contribution < -0.4 is 5.73 Å². The summed E-state index contributed by atoms with van der Waals surface area (Å²) in [6.45, 7) is 2.00. The summed E-state index contributed by atoms with van der Waals surface area (Å²) in [5.41, 5.74) is 7.88. The van der Waals surface area contributed by atoms with Crippen LogP contribution in [0.2, 0.25) is 0 Å². The number of nitrogen functional groups attached to an aromatic ring is 1. The van der Waals surface area contributed by atoms with Crippen molar-refractivity contribution in [3.63, 3.8) is 0 Å². The Labute approximate surface area is 92.8 Å². The minimum absolute atomic E-state index is 0.820. The number of benzene rings is 1. The molecule has 0 radical (unpaired) electrons. The van der Waals surface area contributed by atoms with Gasteiger partial charge in [0, 0.05) is 16.8 Å². The third-order valence-electron chi connectivity index (χ3n) is 2.05. The maximum Gasteiger partial charge on any atom is 0.116 e. The fraction of sp³-hybridized carbons (Fsp3) is 0.0909. The topological polar surface area (TPSA) is 51.8 Å². The molecule has 0 aliphatic heterocycles. The average molecular weight is 217 g/mol. The van der Waals surface area contributed by atoms with E-state index in [1.54, 1.807) is 18.0 Å². The molecule has 0 amide bonds. The van der Waals surface area contributed by atoms with E-state index in [0.717, 1.165) is 21.2 Å². The van der Waals surface area contributed by atoms with Gasteiger partial charge >= 0.3 is 0 Å². The second kappa shape index (κ2) is 4.31. The van der Waals surface area contributed by atoms with Gasteiger partial charge in [-0.2, -0.15) is 0 Å². The molecule has 3 nitrogen and oxygen atoms in total. The van der Waals surface area contributed by atoms with Crippen molar-refractivity contribution < 1.29 is 0 Å². The molecule has 0 saturated heterocycles. The summed E-state index contributed by atoms with van der Waals surface area (Å²) < 4.78 is 0. The zero-order chi connectivity index (χ0) is 10.7. The van der Waals surface area contributed by atoms with Crippen molar-refractivity contribution in [2.24, 2.45) is 0 Å². The van der Waals surface area contributed by atoms with E-state index in [2.05, 4.69) is 9.97 Å². The number of rotatable bonds is 2. The Bertz CT molecular complexity index is 457. The van der Waals surface area contributed by atoms with Crippen LogP contribution in [0.3, 0.4) is 0 Å². The van der Waals surface area contributed by atoms with Gasteiger partial charge in [-0.05, 0) is 24.6 Å². The molecule has 15 heavy (non-hydrogen) atoms. The van der Waals surface area contributed by atoms with E-state index < -0.39 is 0 Å². The number of anilines is 1. The van der Waals surface area contributed by atoms with Crippen LogP contribution in [0, 0.1) is 6.92 Å². The van der Waals surface area contributed by atoms with Gasteiger partial charge in [0.2, 0.25) is 0 Å². The number of nitrogens with two attached hydrogens (primary N) is 1. The molecule has 0 saturated carbocycles. The van der Waals surface area contributed by atoms with Gasteiger partial charge < -0.3 is 5.73 Å². The van der Waals surface area contributed by atoms with Gasteiger partial charge in [-0.15, -0.1) is 0 Å². The van der Waals surface area contributed by atoms with Crippen LogP contribution in [0.5, 0.6) is 0 Å². The molecule has 0 atom stereocenters. The maximum absolute atomic E-state index is 5.97. The standard InChI is InChI=1S/C11H11N3S/c1-8-3-2-4-9(11(8)12)15-10-5-6-13-7-14-10/h2-7H,12H2,1H3. The molecule has 2 aromatic rings. The van der Waals surface area contributed by atoms with Crippen LogP contribution in [-0.4, -0.2) is 9.97 Å². The van der Waals surface area contributed by atoms with Crippen LogP contribution in [0.15, 0.2) is 46.7 Å². The Morgan fingerprint density at radius 2 is 2.13 bits per heavy atom. The van der Waals surface area contributed by atoms with Crippen molar-refractivity contribution >= 4 is 17.4 Å². The number of hydrogen-bond acceptors (Lipinski definition) is 4. The molecular formula is C11H11N3S. The molecule has 4 heteroatoms. The Morgan fingerprint density at radius 1 is 1.27 bits per heavy atom. The molecule has 0 aliphatic rings. The molecule has 1 heterocycles. The Balaban J connectivity index is 2.29. The average Bonchev–Trinajstić information content (AvgIpc) is 2.26. The van der Waals surface area contributed by atoms with E-state index in [0.29, 0.717) is 0 Å². The first kappa shape index (κ1) is 9.98. The molecule has 0 unspecified atom stereocenters. The van der Waals surface area contributed by atoms with E-state index in [9.17, 15) is 0 Å². The minimum atomic E-state index is 0.820. The zero-order valence-corrected chi connectivity index (χ0v) is 9.16. The van der Waals surface area contributed by atoms with E-state index in [1.807, 2.05) is 31.2 Å². The van der Waals surface area contributed by atoms with Crippen LogP contribution in [-0.2, 0) is 0 Å². The Kier molecular flexibility index (Phi) is 2.87. The maximum atomic E-state index is 5.97. The lowest BCUT2D eigenvalue weighted by Gasteiger charge is -2.06. The van der Waals surface area contributed by atoms with Crippen LogP contribution in [0.1, 0.15) is 5.56 Å². The van der Waals surface area contributed by atoms with Crippen LogP contribution >= 0.6 is 11.8 Å². The summed E-state index contributed by atoms with van der Waals surface area (Å²) in [7, 11) is 0. The lowest BCUT2D eigenvalue weighted by Crippen LogP contribution is -1.92. The molecule has 2 N–H and O–H groups in total. The zero-order valence-electron chi connectivity index (χ0n) is 8.34. The number of para-hydroxylation sites is 1. The van der Waals surface area contributed by atoms with Gasteiger partial charge in [0.15, 0.2) is 0 Å². The molecule has 1 aromatic heterocycles. The van der Waals surface area contributed by atoms with Crippen molar-refractivity contribution in [3.8, 4) is 0 Å². The smallest absolute Gasteiger partial charge is 0.116 e. The van der Waals surface area contributed by atoms with E-state index in [4.69, 9.17) is 5.73 Å². The highest BCUT2D eigenvalue weighted by atomic mass is 32.2. The summed E-state index contributed by atoms with van der Waals surface area (Å²) >= 11 is 1.55. The van der Waals surface area contributed by atoms with Gasteiger partial charge in [0.25, 0.3) is 0 Å². The van der Waals surface area contributed by atoms with Crippen LogP contribution in [0.4, 0.5) is 5.69 Å². The van der Waals surface area contributed by atoms with E-state index in [-0.39, 0.29) is 0 Å². The van der Waals surface area contributed by atoms with Crippen molar-refractivity contribution in [1.29, 1.82) is 0 Å². The van der Waals surface area contributed by atoms with Gasteiger partial charge in [0.1, 0.15) is 11.4 Å². The summed E-state index contributed by atoms with van der Waals surface area (Å²) in [6.07, 6.45) is 3.26. The first-order valence-electron chi connectivity index (χ1n) is 4.56. The third-order valence-corrected chi connectivity index (χ3v) is 3.08. The molecule has 0 spiro atoms. The highest BCUT2D eigenvalue weighted by molar-refractivity contribution is 7.99. The summed E-state index contributed by atoms with van der Waals surface area (Å²) in [4.78, 5) is 9.05. The lowest BCUT2D eigenvalue weighted by atomic mass is 10.2. The normalized spacial score (nSPS) is 10.2. The van der Waals surface area contributed by atoms with Gasteiger partial charge in [-0.3, -0.25) is 0 Å². The number of aryl methyl sites for hydroxylation is 1. The minimum Gasteiger partial charge on any atom is -0.398 e. The van der Waals surface area contributed by atoms with Crippen molar-refractivity contribution in [3.05, 3.63) is 42.4 Å². The predicted molar refractivity (Wildman–Crippen MR) is 61.7 cm³/mol. The number of aromatic nitrogens is 2. The first-order chi connectivity index (χ1) is 7.27. The molecule has 0 bridgehead atoms. The fourth-order valence-corrected chi connectivity index (χ4v) is 2.07. The Morgan fingerprint density at radius 3 is 2.87 bits per heavy atom. The fourth-order valence-electron chi connectivity index (χ4n) is 1.19. The lowest BCUT2D eigenvalue weighted by molar-refractivity contribution is 1.05. The number of nitrogens with zero attached hydrogens (tertiary/aromatic N) is 2. The molecule has 76 valence electrons. The summed E-state index contributed by atoms with van der Waals surface area (Å²) in [5.74, 6) is 0. The first-order valence-corrected chi connectivity index (χ1v) is 5.38. The molecule has 0 aliphatic carbocycles. The molecule has 0 fully saturated rings. The molecule has 2 rings (SSSR count). The van der Waals surface area contributed by atoms with Gasteiger partial charge in [0.05, 0.1) is 0 Å². The largest absolute Gasteiger partial charge is 0.398 e. The Hall–Kier alpha value is -1.55. The molecule has 1 aromatic carbocycles. The van der Waals surface area contributed by atoms with Crippen molar-refractivity contribution in [1.82, 2.24) is 9.97 Å². The number of hydrogen-bond donors (Lipinski definition) is 1. The SMILES string of the molecule is Cc1cccc(Sc2ccncn2)c1N. The van der Waals surface area contributed by atoms with Crippen molar-refractivity contribution in [2.45, 2.75) is 16.8 Å². The predicted octanol–water partition coefficient (Wildman–Crippen LogP) is 2.52. The second-order valence-electron chi connectivity index (χ2n) is 3.14. The van der Waals surface area contributed by atoms with Crippen LogP contribution in [0.25, 0.3) is 0 Å². The van der Waals surface area contributed by atoms with Gasteiger partial charge in [-0.25, -0.2) is 9.97 Å². The summed E-state index contributed by atoms with van der Waals surface area (Å²) in [6, 6.07) is 7.86.